The molecule has 2 heterocycles. The van der Waals surface area contributed by atoms with E-state index in [0.717, 1.165) is 13.0 Å². The lowest BCUT2D eigenvalue weighted by Crippen LogP contribution is -2.46. The SMILES string of the molecule is O=C(C1CCNC1)N(CCO)C1CCS(=O)(=O)C1. The largest absolute Gasteiger partial charge is 0.395 e. The zero-order valence-electron chi connectivity index (χ0n) is 10.3. The van der Waals surface area contributed by atoms with Gasteiger partial charge in [-0.15, -0.1) is 0 Å². The summed E-state index contributed by atoms with van der Waals surface area (Å²) in [6.07, 6.45) is 1.29. The Morgan fingerprint density at radius 2 is 2.17 bits per heavy atom. The van der Waals surface area contributed by atoms with Crippen molar-refractivity contribution in [2.75, 3.05) is 37.7 Å². The van der Waals surface area contributed by atoms with Gasteiger partial charge in [-0.25, -0.2) is 8.42 Å². The fourth-order valence-corrected chi connectivity index (χ4v) is 4.43. The third-order valence-electron chi connectivity index (χ3n) is 3.68. The van der Waals surface area contributed by atoms with Crippen molar-refractivity contribution in [1.82, 2.24) is 10.2 Å². The molecule has 2 aliphatic heterocycles. The second kappa shape index (κ2) is 5.54. The van der Waals surface area contributed by atoms with Crippen molar-refractivity contribution in [3.63, 3.8) is 0 Å². The Morgan fingerprint density at radius 3 is 2.67 bits per heavy atom. The van der Waals surface area contributed by atoms with Crippen LogP contribution in [0.2, 0.25) is 0 Å². The Bertz CT molecular complexity index is 403. The summed E-state index contributed by atoms with van der Waals surface area (Å²) in [6, 6.07) is -0.254. The quantitative estimate of drug-likeness (QED) is 0.660. The molecule has 0 spiro atoms. The maximum absolute atomic E-state index is 12.3. The minimum Gasteiger partial charge on any atom is -0.395 e. The fraction of sp³-hybridized carbons (Fsp3) is 0.909. The number of nitrogens with one attached hydrogen (secondary N) is 1. The van der Waals surface area contributed by atoms with Gasteiger partial charge in [0, 0.05) is 19.1 Å². The number of hydrogen-bond acceptors (Lipinski definition) is 5. The highest BCUT2D eigenvalue weighted by molar-refractivity contribution is 7.91. The molecule has 6 nitrogen and oxygen atoms in total. The maximum atomic E-state index is 12.3. The molecule has 0 aromatic heterocycles. The van der Waals surface area contributed by atoms with Crippen LogP contribution in [0.25, 0.3) is 0 Å². The average Bonchev–Trinajstić information content (AvgIpc) is 2.94. The van der Waals surface area contributed by atoms with Gasteiger partial charge in [0.05, 0.1) is 24.0 Å². The molecule has 2 atom stereocenters. The monoisotopic (exact) mass is 276 g/mol. The topological polar surface area (TPSA) is 86.7 Å². The third kappa shape index (κ3) is 3.02. The van der Waals surface area contributed by atoms with Crippen molar-refractivity contribution >= 4 is 15.7 Å². The van der Waals surface area contributed by atoms with Crippen molar-refractivity contribution < 1.29 is 18.3 Å². The second-order valence-corrected chi connectivity index (χ2v) is 7.23. The van der Waals surface area contributed by atoms with Crippen molar-refractivity contribution in [2.24, 2.45) is 5.92 Å². The molecular formula is C11H20N2O4S. The highest BCUT2D eigenvalue weighted by Gasteiger charge is 2.37. The molecule has 2 unspecified atom stereocenters. The molecule has 0 aliphatic carbocycles. The van der Waals surface area contributed by atoms with Gasteiger partial charge in [-0.3, -0.25) is 4.79 Å². The Balaban J connectivity index is 2.05. The normalized spacial score (nSPS) is 30.5. The van der Waals surface area contributed by atoms with Crippen LogP contribution in [0.4, 0.5) is 0 Å². The molecule has 18 heavy (non-hydrogen) atoms. The highest BCUT2D eigenvalue weighted by Crippen LogP contribution is 2.21. The molecule has 0 bridgehead atoms. The first-order valence-corrected chi connectivity index (χ1v) is 8.18. The molecule has 0 radical (unpaired) electrons. The molecule has 2 rings (SSSR count). The Morgan fingerprint density at radius 1 is 1.39 bits per heavy atom. The highest BCUT2D eigenvalue weighted by atomic mass is 32.2. The van der Waals surface area contributed by atoms with Crippen LogP contribution >= 0.6 is 0 Å². The Hall–Kier alpha value is -0.660. The minimum absolute atomic E-state index is 0.0175. The van der Waals surface area contributed by atoms with Gasteiger partial charge in [-0.1, -0.05) is 0 Å². The number of amides is 1. The van der Waals surface area contributed by atoms with E-state index in [2.05, 4.69) is 5.32 Å². The van der Waals surface area contributed by atoms with Crippen LogP contribution in [0, 0.1) is 5.92 Å². The summed E-state index contributed by atoms with van der Waals surface area (Å²) in [7, 11) is -3.01. The summed E-state index contributed by atoms with van der Waals surface area (Å²) in [6.45, 7) is 1.59. The van der Waals surface area contributed by atoms with Gasteiger partial charge in [-0.05, 0) is 19.4 Å². The lowest BCUT2D eigenvalue weighted by Gasteiger charge is -2.29. The van der Waals surface area contributed by atoms with Crippen molar-refractivity contribution in [3.8, 4) is 0 Å². The zero-order valence-corrected chi connectivity index (χ0v) is 11.2. The smallest absolute Gasteiger partial charge is 0.227 e. The molecule has 1 amide bonds. The number of nitrogens with zero attached hydrogens (tertiary/aromatic N) is 1. The van der Waals surface area contributed by atoms with E-state index in [1.54, 1.807) is 4.90 Å². The summed E-state index contributed by atoms with van der Waals surface area (Å²) in [4.78, 5) is 13.9. The standard InChI is InChI=1S/C11H20N2O4S/c14-5-4-13(10-2-6-18(16,17)8-10)11(15)9-1-3-12-7-9/h9-10,12,14H,1-8H2. The van der Waals surface area contributed by atoms with E-state index in [1.165, 1.54) is 0 Å². The molecule has 104 valence electrons. The third-order valence-corrected chi connectivity index (χ3v) is 5.43. The summed E-state index contributed by atoms with van der Waals surface area (Å²) >= 11 is 0. The first kappa shape index (κ1) is 13.8. The van der Waals surface area contributed by atoms with Crippen LogP contribution in [0.15, 0.2) is 0 Å². The molecule has 0 saturated carbocycles. The van der Waals surface area contributed by atoms with E-state index >= 15 is 0 Å². The van der Waals surface area contributed by atoms with Crippen molar-refractivity contribution in [1.29, 1.82) is 0 Å². The Labute approximate surface area is 107 Å². The summed E-state index contributed by atoms with van der Waals surface area (Å²) in [5.74, 6) is 0.102. The zero-order chi connectivity index (χ0) is 13.2. The van der Waals surface area contributed by atoms with Gasteiger partial charge in [-0.2, -0.15) is 0 Å². The average molecular weight is 276 g/mol. The van der Waals surface area contributed by atoms with Gasteiger partial charge < -0.3 is 15.3 Å². The number of carbonyl (C=O) groups is 1. The predicted octanol–water partition coefficient (Wildman–Crippen LogP) is -1.40. The van der Waals surface area contributed by atoms with E-state index < -0.39 is 9.84 Å². The van der Waals surface area contributed by atoms with Crippen LogP contribution in [0.5, 0.6) is 0 Å². The lowest BCUT2D eigenvalue weighted by molar-refractivity contribution is -0.137. The molecule has 2 fully saturated rings. The number of carbonyl (C=O) groups excluding carboxylic acids is 1. The van der Waals surface area contributed by atoms with Gasteiger partial charge in [0.2, 0.25) is 5.91 Å². The summed E-state index contributed by atoms with van der Waals surface area (Å²) in [5.41, 5.74) is 0. The van der Waals surface area contributed by atoms with E-state index in [0.29, 0.717) is 13.0 Å². The molecule has 0 aromatic carbocycles. The van der Waals surface area contributed by atoms with Crippen LogP contribution < -0.4 is 5.32 Å². The minimum atomic E-state index is -3.01. The van der Waals surface area contributed by atoms with Gasteiger partial charge >= 0.3 is 0 Å². The predicted molar refractivity (Wildman–Crippen MR) is 66.8 cm³/mol. The van der Waals surface area contributed by atoms with Crippen molar-refractivity contribution in [3.05, 3.63) is 0 Å². The number of sulfone groups is 1. The number of hydrogen-bond donors (Lipinski definition) is 2. The van der Waals surface area contributed by atoms with Crippen LogP contribution in [-0.4, -0.2) is 68.1 Å². The van der Waals surface area contributed by atoms with Crippen molar-refractivity contribution in [2.45, 2.75) is 18.9 Å². The number of rotatable bonds is 4. The van der Waals surface area contributed by atoms with E-state index in [9.17, 15) is 13.2 Å². The summed E-state index contributed by atoms with van der Waals surface area (Å²) < 4.78 is 23.0. The van der Waals surface area contributed by atoms with Crippen LogP contribution in [0.1, 0.15) is 12.8 Å². The second-order valence-electron chi connectivity index (χ2n) is 5.00. The van der Waals surface area contributed by atoms with Gasteiger partial charge in [0.25, 0.3) is 0 Å². The molecule has 0 aromatic rings. The lowest BCUT2D eigenvalue weighted by atomic mass is 10.1. The molecular weight excluding hydrogens is 256 g/mol. The Kier molecular flexibility index (Phi) is 4.24. The van der Waals surface area contributed by atoms with E-state index in [-0.39, 0.29) is 42.5 Å². The molecule has 2 saturated heterocycles. The first-order valence-electron chi connectivity index (χ1n) is 6.36. The number of aliphatic hydroxyl groups is 1. The van der Waals surface area contributed by atoms with E-state index in [4.69, 9.17) is 5.11 Å². The first-order chi connectivity index (χ1) is 8.53. The molecule has 2 N–H and O–H groups in total. The van der Waals surface area contributed by atoms with Crippen LogP contribution in [-0.2, 0) is 14.6 Å². The molecule has 7 heteroatoms. The molecule has 2 aliphatic rings. The summed E-state index contributed by atoms with van der Waals surface area (Å²) in [5, 5.41) is 12.2. The fourth-order valence-electron chi connectivity index (χ4n) is 2.70. The maximum Gasteiger partial charge on any atom is 0.227 e. The van der Waals surface area contributed by atoms with Crippen LogP contribution in [0.3, 0.4) is 0 Å². The van der Waals surface area contributed by atoms with Gasteiger partial charge in [0.1, 0.15) is 0 Å². The number of aliphatic hydroxyl groups excluding tert-OH is 1. The van der Waals surface area contributed by atoms with Gasteiger partial charge in [0.15, 0.2) is 9.84 Å². The van der Waals surface area contributed by atoms with E-state index in [1.807, 2.05) is 0 Å².